The second kappa shape index (κ2) is 5.47. The second-order valence-corrected chi connectivity index (χ2v) is 5.03. The lowest BCUT2D eigenvalue weighted by Gasteiger charge is -2.27. The average Bonchev–Trinajstić information content (AvgIpc) is 2.33. The minimum Gasteiger partial charge on any atom is -0.393 e. The maximum atomic E-state index is 9.43. The number of hydrogen-bond donors (Lipinski definition) is 3. The van der Waals surface area contributed by atoms with Crippen LogP contribution in [0.2, 0.25) is 0 Å². The number of hydrogen-bond acceptors (Lipinski definition) is 3. The Morgan fingerprint density at radius 2 is 1.76 bits per heavy atom. The van der Waals surface area contributed by atoms with Crippen molar-refractivity contribution in [2.24, 2.45) is 5.73 Å². The molecule has 0 amide bonds. The number of nitrogens with one attached hydrogen (secondary N) is 1. The molecule has 1 saturated carbocycles. The molecular formula is C13H18N2OS. The quantitative estimate of drug-likeness (QED) is 0.719. The molecule has 0 unspecified atom stereocenters. The predicted molar refractivity (Wildman–Crippen MR) is 74.2 cm³/mol. The number of benzene rings is 1. The summed E-state index contributed by atoms with van der Waals surface area (Å²) in [4.78, 5) is 0.428. The summed E-state index contributed by atoms with van der Waals surface area (Å²) in [5.41, 5.74) is 7.53. The van der Waals surface area contributed by atoms with Crippen LogP contribution in [0.3, 0.4) is 0 Å². The molecule has 4 heteroatoms. The average molecular weight is 250 g/mol. The van der Waals surface area contributed by atoms with Crippen molar-refractivity contribution in [3.63, 3.8) is 0 Å². The van der Waals surface area contributed by atoms with E-state index in [-0.39, 0.29) is 6.10 Å². The fourth-order valence-electron chi connectivity index (χ4n) is 2.19. The topological polar surface area (TPSA) is 58.3 Å². The van der Waals surface area contributed by atoms with Crippen LogP contribution in [0.4, 0.5) is 5.69 Å². The molecule has 0 aliphatic heterocycles. The van der Waals surface area contributed by atoms with Crippen LogP contribution in [0.25, 0.3) is 0 Å². The number of aliphatic hydroxyl groups is 1. The van der Waals surface area contributed by atoms with Crippen LogP contribution in [0.5, 0.6) is 0 Å². The maximum absolute atomic E-state index is 9.43. The van der Waals surface area contributed by atoms with E-state index in [1.807, 2.05) is 24.3 Å². The molecule has 2 rings (SSSR count). The van der Waals surface area contributed by atoms with Crippen molar-refractivity contribution in [2.45, 2.75) is 37.8 Å². The molecule has 1 aromatic rings. The van der Waals surface area contributed by atoms with Crippen LogP contribution in [-0.2, 0) is 0 Å². The van der Waals surface area contributed by atoms with Gasteiger partial charge in [0, 0.05) is 17.3 Å². The molecule has 0 heterocycles. The van der Waals surface area contributed by atoms with E-state index in [2.05, 4.69) is 5.32 Å². The largest absolute Gasteiger partial charge is 0.393 e. The van der Waals surface area contributed by atoms with Crippen molar-refractivity contribution in [3.05, 3.63) is 29.8 Å². The summed E-state index contributed by atoms with van der Waals surface area (Å²) >= 11 is 4.91. The first-order chi connectivity index (χ1) is 8.15. The zero-order valence-electron chi connectivity index (χ0n) is 9.73. The zero-order chi connectivity index (χ0) is 12.3. The van der Waals surface area contributed by atoms with Gasteiger partial charge >= 0.3 is 0 Å². The van der Waals surface area contributed by atoms with Crippen molar-refractivity contribution in [1.29, 1.82) is 0 Å². The third-order valence-corrected chi connectivity index (χ3v) is 3.47. The summed E-state index contributed by atoms with van der Waals surface area (Å²) < 4.78 is 0. The van der Waals surface area contributed by atoms with Gasteiger partial charge in [-0.15, -0.1) is 0 Å². The Morgan fingerprint density at radius 1 is 1.18 bits per heavy atom. The molecule has 4 N–H and O–H groups in total. The molecule has 92 valence electrons. The summed E-state index contributed by atoms with van der Waals surface area (Å²) in [5, 5.41) is 12.9. The first-order valence-corrected chi connectivity index (χ1v) is 6.40. The molecule has 1 fully saturated rings. The van der Waals surface area contributed by atoms with Crippen LogP contribution in [-0.4, -0.2) is 22.2 Å². The number of thiocarbonyl (C=S) groups is 1. The Labute approximate surface area is 107 Å². The number of nitrogens with two attached hydrogens (primary N) is 1. The van der Waals surface area contributed by atoms with E-state index >= 15 is 0 Å². The van der Waals surface area contributed by atoms with E-state index in [0.717, 1.165) is 36.9 Å². The predicted octanol–water partition coefficient (Wildman–Crippen LogP) is 2.04. The van der Waals surface area contributed by atoms with Crippen molar-refractivity contribution in [3.8, 4) is 0 Å². The third-order valence-electron chi connectivity index (χ3n) is 3.24. The summed E-state index contributed by atoms with van der Waals surface area (Å²) in [7, 11) is 0. The van der Waals surface area contributed by atoms with Gasteiger partial charge in [-0.25, -0.2) is 0 Å². The number of rotatable bonds is 3. The van der Waals surface area contributed by atoms with Crippen LogP contribution in [0, 0.1) is 0 Å². The molecule has 17 heavy (non-hydrogen) atoms. The Balaban J connectivity index is 1.92. The lowest BCUT2D eigenvalue weighted by atomic mass is 9.93. The Kier molecular flexibility index (Phi) is 3.97. The summed E-state index contributed by atoms with van der Waals surface area (Å²) in [6.45, 7) is 0. The summed E-state index contributed by atoms with van der Waals surface area (Å²) in [5.74, 6) is 0. The van der Waals surface area contributed by atoms with E-state index in [1.165, 1.54) is 0 Å². The lowest BCUT2D eigenvalue weighted by molar-refractivity contribution is 0.126. The van der Waals surface area contributed by atoms with Gasteiger partial charge in [0.05, 0.1) is 6.10 Å². The van der Waals surface area contributed by atoms with E-state index in [4.69, 9.17) is 18.0 Å². The Morgan fingerprint density at radius 3 is 2.29 bits per heavy atom. The van der Waals surface area contributed by atoms with E-state index in [0.29, 0.717) is 11.0 Å². The van der Waals surface area contributed by atoms with E-state index in [1.54, 1.807) is 0 Å². The number of aliphatic hydroxyl groups excluding tert-OH is 1. The molecule has 0 spiro atoms. The van der Waals surface area contributed by atoms with E-state index in [9.17, 15) is 5.11 Å². The fraction of sp³-hybridized carbons (Fsp3) is 0.462. The van der Waals surface area contributed by atoms with Gasteiger partial charge in [-0.1, -0.05) is 12.2 Å². The Hall–Kier alpha value is -1.13. The molecule has 0 radical (unpaired) electrons. The fourth-order valence-corrected chi connectivity index (χ4v) is 2.32. The number of anilines is 1. The molecule has 0 aromatic heterocycles. The molecule has 1 aromatic carbocycles. The first-order valence-electron chi connectivity index (χ1n) is 5.99. The first kappa shape index (κ1) is 12.3. The minimum atomic E-state index is -0.106. The smallest absolute Gasteiger partial charge is 0.103 e. The highest BCUT2D eigenvalue weighted by atomic mass is 32.1. The summed E-state index contributed by atoms with van der Waals surface area (Å²) in [6, 6.07) is 8.33. The van der Waals surface area contributed by atoms with Crippen molar-refractivity contribution < 1.29 is 5.11 Å². The lowest BCUT2D eigenvalue weighted by Crippen LogP contribution is -2.28. The molecule has 1 aliphatic rings. The minimum absolute atomic E-state index is 0.106. The summed E-state index contributed by atoms with van der Waals surface area (Å²) in [6.07, 6.45) is 3.73. The van der Waals surface area contributed by atoms with Gasteiger partial charge in [0.15, 0.2) is 0 Å². The molecular weight excluding hydrogens is 232 g/mol. The highest BCUT2D eigenvalue weighted by Crippen LogP contribution is 2.22. The normalized spacial score (nSPS) is 24.3. The van der Waals surface area contributed by atoms with Gasteiger partial charge in [0.25, 0.3) is 0 Å². The highest BCUT2D eigenvalue weighted by Gasteiger charge is 2.18. The van der Waals surface area contributed by atoms with Gasteiger partial charge in [0.2, 0.25) is 0 Å². The monoisotopic (exact) mass is 250 g/mol. The second-order valence-electron chi connectivity index (χ2n) is 4.59. The van der Waals surface area contributed by atoms with E-state index < -0.39 is 0 Å². The van der Waals surface area contributed by atoms with Gasteiger partial charge in [-0.2, -0.15) is 0 Å². The standard InChI is InChI=1S/C13H18N2OS/c14-13(17)9-1-3-10(4-2-9)15-11-5-7-12(16)8-6-11/h1-4,11-12,15-16H,5-8H2,(H2,14,17). The third kappa shape index (κ3) is 3.41. The molecule has 0 bridgehead atoms. The molecule has 3 nitrogen and oxygen atoms in total. The molecule has 1 aliphatic carbocycles. The van der Waals surface area contributed by atoms with Crippen LogP contribution in [0.1, 0.15) is 31.2 Å². The van der Waals surface area contributed by atoms with Crippen LogP contribution in [0.15, 0.2) is 24.3 Å². The van der Waals surface area contributed by atoms with Gasteiger partial charge in [-0.05, 0) is 49.9 Å². The van der Waals surface area contributed by atoms with Crippen molar-refractivity contribution >= 4 is 22.9 Å². The molecule has 0 atom stereocenters. The zero-order valence-corrected chi connectivity index (χ0v) is 10.5. The van der Waals surface area contributed by atoms with Gasteiger partial charge in [0.1, 0.15) is 4.99 Å². The van der Waals surface area contributed by atoms with Crippen molar-refractivity contribution in [1.82, 2.24) is 0 Å². The molecule has 0 saturated heterocycles. The SMILES string of the molecule is NC(=S)c1ccc(NC2CCC(O)CC2)cc1. The van der Waals surface area contributed by atoms with Crippen LogP contribution < -0.4 is 11.1 Å². The van der Waals surface area contributed by atoms with Gasteiger partial charge in [-0.3, -0.25) is 0 Å². The highest BCUT2D eigenvalue weighted by molar-refractivity contribution is 7.80. The maximum Gasteiger partial charge on any atom is 0.103 e. The van der Waals surface area contributed by atoms with Crippen molar-refractivity contribution in [2.75, 3.05) is 5.32 Å². The Bertz CT molecular complexity index is 383. The van der Waals surface area contributed by atoms with Crippen LogP contribution >= 0.6 is 12.2 Å². The van der Waals surface area contributed by atoms with Gasteiger partial charge < -0.3 is 16.2 Å².